The SMILES string of the molecule is COc1ccccc1OCC(=O)OCC(=O)Nc1c(C#N)c(C)c(C)n1-c1ccccc1. The molecule has 0 aliphatic rings. The minimum atomic E-state index is -0.711. The summed E-state index contributed by atoms with van der Waals surface area (Å²) in [7, 11) is 1.50. The molecule has 0 fully saturated rings. The Labute approximate surface area is 185 Å². The fourth-order valence-corrected chi connectivity index (χ4v) is 3.19. The molecule has 1 heterocycles. The van der Waals surface area contributed by atoms with Crippen LogP contribution >= 0.6 is 0 Å². The van der Waals surface area contributed by atoms with E-state index in [1.165, 1.54) is 7.11 Å². The van der Waals surface area contributed by atoms with Crippen molar-refractivity contribution in [3.05, 3.63) is 71.4 Å². The lowest BCUT2D eigenvalue weighted by Crippen LogP contribution is -2.25. The molecule has 8 heteroatoms. The molecule has 0 saturated heterocycles. The van der Waals surface area contributed by atoms with Crippen LogP contribution in [0.3, 0.4) is 0 Å². The van der Waals surface area contributed by atoms with E-state index in [4.69, 9.17) is 14.2 Å². The predicted molar refractivity (Wildman–Crippen MR) is 118 cm³/mol. The number of esters is 1. The molecule has 164 valence electrons. The normalized spacial score (nSPS) is 10.2. The van der Waals surface area contributed by atoms with Crippen molar-refractivity contribution in [1.82, 2.24) is 4.57 Å². The smallest absolute Gasteiger partial charge is 0.344 e. The third-order valence-corrected chi connectivity index (χ3v) is 4.88. The first-order chi connectivity index (χ1) is 15.5. The zero-order valence-electron chi connectivity index (χ0n) is 18.0. The van der Waals surface area contributed by atoms with E-state index in [0.29, 0.717) is 22.9 Å². The van der Waals surface area contributed by atoms with Crippen LogP contribution in [0, 0.1) is 25.2 Å². The molecule has 3 aromatic rings. The van der Waals surface area contributed by atoms with Crippen LogP contribution in [0.4, 0.5) is 5.82 Å². The van der Waals surface area contributed by atoms with Crippen molar-refractivity contribution in [3.63, 3.8) is 0 Å². The van der Waals surface area contributed by atoms with E-state index in [-0.39, 0.29) is 6.61 Å². The number of aromatic nitrogens is 1. The second-order valence-corrected chi connectivity index (χ2v) is 6.87. The quantitative estimate of drug-likeness (QED) is 0.545. The van der Waals surface area contributed by atoms with Crippen LogP contribution in [0.5, 0.6) is 11.5 Å². The van der Waals surface area contributed by atoms with E-state index >= 15 is 0 Å². The van der Waals surface area contributed by atoms with Crippen LogP contribution < -0.4 is 14.8 Å². The molecule has 0 saturated carbocycles. The summed E-state index contributed by atoms with van der Waals surface area (Å²) in [5.74, 6) is -0.0737. The maximum absolute atomic E-state index is 12.5. The number of hydrogen-bond acceptors (Lipinski definition) is 6. The van der Waals surface area contributed by atoms with Crippen molar-refractivity contribution < 1.29 is 23.8 Å². The van der Waals surface area contributed by atoms with Gasteiger partial charge in [-0.25, -0.2) is 4.79 Å². The van der Waals surface area contributed by atoms with Crippen molar-refractivity contribution in [2.24, 2.45) is 0 Å². The van der Waals surface area contributed by atoms with Gasteiger partial charge < -0.3 is 19.5 Å². The molecule has 0 spiro atoms. The summed E-state index contributed by atoms with van der Waals surface area (Å²) in [6.45, 7) is 2.79. The lowest BCUT2D eigenvalue weighted by molar-refractivity contribution is -0.149. The summed E-state index contributed by atoms with van der Waals surface area (Å²) >= 11 is 0. The Kier molecular flexibility index (Phi) is 7.13. The van der Waals surface area contributed by atoms with Gasteiger partial charge in [0.15, 0.2) is 24.7 Å². The molecule has 0 atom stereocenters. The largest absolute Gasteiger partial charge is 0.493 e. The Morgan fingerprint density at radius 3 is 2.31 bits per heavy atom. The lowest BCUT2D eigenvalue weighted by Gasteiger charge is -2.13. The number of carbonyl (C=O) groups excluding carboxylic acids is 2. The van der Waals surface area contributed by atoms with Gasteiger partial charge in [0.05, 0.1) is 12.7 Å². The van der Waals surface area contributed by atoms with Crippen LogP contribution in [0.15, 0.2) is 54.6 Å². The Bertz CT molecular complexity index is 1160. The number of carbonyl (C=O) groups is 2. The Morgan fingerprint density at radius 2 is 1.66 bits per heavy atom. The molecule has 3 rings (SSSR count). The predicted octanol–water partition coefficient (Wildman–Crippen LogP) is 3.54. The first kappa shape index (κ1) is 22.4. The molecular weight excluding hydrogens is 410 g/mol. The van der Waals surface area contributed by atoms with Gasteiger partial charge in [-0.05, 0) is 43.7 Å². The summed E-state index contributed by atoms with van der Waals surface area (Å²) in [4.78, 5) is 24.5. The molecule has 0 aliphatic carbocycles. The van der Waals surface area contributed by atoms with Gasteiger partial charge in [0.2, 0.25) is 0 Å². The molecule has 1 N–H and O–H groups in total. The molecule has 1 aromatic heterocycles. The highest BCUT2D eigenvalue weighted by Crippen LogP contribution is 2.30. The number of rotatable bonds is 8. The van der Waals surface area contributed by atoms with Gasteiger partial charge in [-0.1, -0.05) is 30.3 Å². The molecule has 1 amide bonds. The first-order valence-electron chi connectivity index (χ1n) is 9.85. The third-order valence-electron chi connectivity index (χ3n) is 4.88. The number of nitriles is 1. The number of para-hydroxylation sites is 3. The summed E-state index contributed by atoms with van der Waals surface area (Å²) in [6.07, 6.45) is 0. The van der Waals surface area contributed by atoms with Gasteiger partial charge >= 0.3 is 5.97 Å². The number of methoxy groups -OCH3 is 1. The molecule has 0 bridgehead atoms. The summed E-state index contributed by atoms with van der Waals surface area (Å²) in [5.41, 5.74) is 2.73. The van der Waals surface area contributed by atoms with Gasteiger partial charge in [0, 0.05) is 11.4 Å². The number of benzene rings is 2. The molecule has 0 aliphatic heterocycles. The number of nitrogens with zero attached hydrogens (tertiary/aromatic N) is 2. The molecule has 32 heavy (non-hydrogen) atoms. The third kappa shape index (κ3) is 4.90. The van der Waals surface area contributed by atoms with Crippen LogP contribution in [-0.4, -0.2) is 36.8 Å². The van der Waals surface area contributed by atoms with E-state index < -0.39 is 18.5 Å². The molecule has 0 unspecified atom stereocenters. The minimum Gasteiger partial charge on any atom is -0.493 e. The van der Waals surface area contributed by atoms with Crippen molar-refractivity contribution in [2.75, 3.05) is 25.6 Å². The zero-order valence-corrected chi connectivity index (χ0v) is 18.0. The van der Waals surface area contributed by atoms with Crippen molar-refractivity contribution in [2.45, 2.75) is 13.8 Å². The fourth-order valence-electron chi connectivity index (χ4n) is 3.19. The van der Waals surface area contributed by atoms with E-state index in [1.54, 1.807) is 28.8 Å². The fraction of sp³-hybridized carbons (Fsp3) is 0.208. The number of hydrogen-bond donors (Lipinski definition) is 1. The van der Waals surface area contributed by atoms with Crippen molar-refractivity contribution in [1.29, 1.82) is 5.26 Å². The topological polar surface area (TPSA) is 103 Å². The summed E-state index contributed by atoms with van der Waals surface area (Å²) in [5, 5.41) is 12.3. The van der Waals surface area contributed by atoms with E-state index in [9.17, 15) is 14.9 Å². The first-order valence-corrected chi connectivity index (χ1v) is 9.85. The molecule has 0 radical (unpaired) electrons. The average molecular weight is 433 g/mol. The highest BCUT2D eigenvalue weighted by molar-refractivity contribution is 5.94. The maximum Gasteiger partial charge on any atom is 0.344 e. The van der Waals surface area contributed by atoms with E-state index in [0.717, 1.165) is 16.9 Å². The second kappa shape index (κ2) is 10.2. The van der Waals surface area contributed by atoms with E-state index in [2.05, 4.69) is 11.4 Å². The monoisotopic (exact) mass is 433 g/mol. The average Bonchev–Trinajstić information content (AvgIpc) is 3.05. The van der Waals surface area contributed by atoms with Gasteiger partial charge in [-0.3, -0.25) is 9.36 Å². The second-order valence-electron chi connectivity index (χ2n) is 6.87. The van der Waals surface area contributed by atoms with Crippen molar-refractivity contribution >= 4 is 17.7 Å². The van der Waals surface area contributed by atoms with Crippen LogP contribution in [0.2, 0.25) is 0 Å². The standard InChI is InChI=1S/C24H23N3O5/c1-16-17(2)27(18-9-5-4-6-10-18)24(19(16)13-25)26-22(28)14-32-23(29)15-31-21-12-8-7-11-20(21)30-3/h4-12H,14-15H2,1-3H3,(H,26,28). The van der Waals surface area contributed by atoms with E-state index in [1.807, 2.05) is 44.2 Å². The summed E-state index contributed by atoms with van der Waals surface area (Å²) in [6, 6.07) is 18.4. The van der Waals surface area contributed by atoms with Gasteiger partial charge in [0.1, 0.15) is 11.9 Å². The van der Waals surface area contributed by atoms with Gasteiger partial charge in [-0.15, -0.1) is 0 Å². The zero-order chi connectivity index (χ0) is 23.1. The number of amides is 1. The Balaban J connectivity index is 1.66. The number of nitrogens with one attached hydrogen (secondary N) is 1. The maximum atomic E-state index is 12.5. The van der Waals surface area contributed by atoms with Crippen LogP contribution in [-0.2, 0) is 14.3 Å². The highest BCUT2D eigenvalue weighted by atomic mass is 16.6. The van der Waals surface area contributed by atoms with Crippen LogP contribution in [0.1, 0.15) is 16.8 Å². The number of ether oxygens (including phenoxy) is 3. The number of anilines is 1. The summed E-state index contributed by atoms with van der Waals surface area (Å²) < 4.78 is 17.4. The highest BCUT2D eigenvalue weighted by Gasteiger charge is 2.21. The Hall–Kier alpha value is -4.25. The molecule has 8 nitrogen and oxygen atoms in total. The molecule has 2 aromatic carbocycles. The lowest BCUT2D eigenvalue weighted by atomic mass is 10.2. The minimum absolute atomic E-state index is 0.333. The van der Waals surface area contributed by atoms with Gasteiger partial charge in [0.25, 0.3) is 5.91 Å². The van der Waals surface area contributed by atoms with Crippen molar-refractivity contribution in [3.8, 4) is 23.3 Å². The van der Waals surface area contributed by atoms with Crippen LogP contribution in [0.25, 0.3) is 5.69 Å². The van der Waals surface area contributed by atoms with Gasteiger partial charge in [-0.2, -0.15) is 5.26 Å². The Morgan fingerprint density at radius 1 is 1.00 bits per heavy atom. The molecular formula is C24H23N3O5.